The van der Waals surface area contributed by atoms with Crippen molar-refractivity contribution in [1.29, 1.82) is 0 Å². The van der Waals surface area contributed by atoms with Gasteiger partial charge in [-0.3, -0.25) is 0 Å². The third-order valence-corrected chi connectivity index (χ3v) is 1.67. The fourth-order valence-corrected chi connectivity index (χ4v) is 0.549. The average molecular weight is 157 g/mol. The highest BCUT2D eigenvalue weighted by atomic mass is 16.2. The number of carbonyl (C=O) groups excluding carboxylic acids is 1. The Labute approximate surface area is 66.8 Å². The van der Waals surface area contributed by atoms with Crippen LogP contribution < -0.4 is 11.2 Å². The molecule has 0 aromatic carbocycles. The van der Waals surface area contributed by atoms with Gasteiger partial charge >= 0.3 is 6.03 Å². The molecule has 2 amide bonds. The van der Waals surface area contributed by atoms with Crippen molar-refractivity contribution in [3.8, 4) is 0 Å². The Morgan fingerprint density at radius 1 is 1.73 bits per heavy atom. The van der Waals surface area contributed by atoms with Gasteiger partial charge in [-0.05, 0) is 19.3 Å². The minimum Gasteiger partial charge on any atom is -0.350 e. The van der Waals surface area contributed by atoms with Crippen molar-refractivity contribution in [1.82, 2.24) is 5.43 Å². The van der Waals surface area contributed by atoms with Crippen LogP contribution in [0.5, 0.6) is 0 Å². The molecule has 0 aliphatic carbocycles. The van der Waals surface area contributed by atoms with Crippen LogP contribution >= 0.6 is 0 Å². The van der Waals surface area contributed by atoms with Crippen LogP contribution in [-0.2, 0) is 0 Å². The van der Waals surface area contributed by atoms with Crippen LogP contribution in [0.15, 0.2) is 5.10 Å². The molecular weight excluding hydrogens is 142 g/mol. The Kier molecular flexibility index (Phi) is 4.26. The molecule has 0 aromatic heterocycles. The van der Waals surface area contributed by atoms with Crippen LogP contribution in [0.2, 0.25) is 0 Å². The van der Waals surface area contributed by atoms with Crippen molar-refractivity contribution in [2.45, 2.75) is 27.2 Å². The molecule has 0 aliphatic rings. The summed E-state index contributed by atoms with van der Waals surface area (Å²) in [5.74, 6) is 0.391. The summed E-state index contributed by atoms with van der Waals surface area (Å²) in [4.78, 5) is 10.2. The fraction of sp³-hybridized carbons (Fsp3) is 0.714. The Morgan fingerprint density at radius 2 is 2.27 bits per heavy atom. The van der Waals surface area contributed by atoms with Crippen molar-refractivity contribution in [2.24, 2.45) is 16.8 Å². The van der Waals surface area contributed by atoms with Crippen molar-refractivity contribution in [2.75, 3.05) is 0 Å². The monoisotopic (exact) mass is 157 g/mol. The van der Waals surface area contributed by atoms with Crippen molar-refractivity contribution in [3.05, 3.63) is 0 Å². The van der Waals surface area contributed by atoms with Gasteiger partial charge in [0.15, 0.2) is 0 Å². The number of hydrogen-bond donors (Lipinski definition) is 2. The van der Waals surface area contributed by atoms with Gasteiger partial charge in [0.2, 0.25) is 0 Å². The van der Waals surface area contributed by atoms with E-state index in [9.17, 15) is 4.79 Å². The van der Waals surface area contributed by atoms with Crippen LogP contribution in [0.25, 0.3) is 0 Å². The average Bonchev–Trinajstić information content (AvgIpc) is 1.98. The van der Waals surface area contributed by atoms with Gasteiger partial charge in [-0.1, -0.05) is 13.8 Å². The number of primary amides is 1. The molecule has 0 saturated carbocycles. The number of urea groups is 1. The predicted octanol–water partition coefficient (Wildman–Crippen LogP) is 1.08. The molecule has 4 nitrogen and oxygen atoms in total. The molecule has 0 fully saturated rings. The van der Waals surface area contributed by atoms with Gasteiger partial charge in [-0.25, -0.2) is 10.2 Å². The standard InChI is InChI=1S/C7H15N3O/c1-4-5(2)6(3)9-10-7(8)11/h5H,4H2,1-3H3,(H3,8,10,11)/b9-6+/t5-/m1/s1. The second kappa shape index (κ2) is 4.71. The summed E-state index contributed by atoms with van der Waals surface area (Å²) in [6.07, 6.45) is 1.01. The summed E-state index contributed by atoms with van der Waals surface area (Å²) in [5.41, 5.74) is 7.91. The highest BCUT2D eigenvalue weighted by Gasteiger charge is 2.01. The third-order valence-electron chi connectivity index (χ3n) is 1.67. The second-order valence-electron chi connectivity index (χ2n) is 2.54. The summed E-state index contributed by atoms with van der Waals surface area (Å²) < 4.78 is 0. The lowest BCUT2D eigenvalue weighted by atomic mass is 10.1. The van der Waals surface area contributed by atoms with Gasteiger partial charge in [-0.2, -0.15) is 5.10 Å². The number of hydrazone groups is 1. The Bertz CT molecular complexity index is 165. The van der Waals surface area contributed by atoms with Crippen molar-refractivity contribution in [3.63, 3.8) is 0 Å². The molecule has 0 rings (SSSR count). The Morgan fingerprint density at radius 3 is 2.64 bits per heavy atom. The van der Waals surface area contributed by atoms with Crippen LogP contribution in [0.3, 0.4) is 0 Å². The molecule has 0 aliphatic heterocycles. The maximum atomic E-state index is 10.2. The van der Waals surface area contributed by atoms with E-state index >= 15 is 0 Å². The zero-order valence-electron chi connectivity index (χ0n) is 7.22. The zero-order chi connectivity index (χ0) is 8.85. The topological polar surface area (TPSA) is 67.5 Å². The summed E-state index contributed by atoms with van der Waals surface area (Å²) >= 11 is 0. The van der Waals surface area contributed by atoms with E-state index in [2.05, 4.69) is 17.5 Å². The van der Waals surface area contributed by atoms with E-state index in [-0.39, 0.29) is 0 Å². The van der Waals surface area contributed by atoms with E-state index in [1.54, 1.807) is 0 Å². The first-order chi connectivity index (χ1) is 5.07. The van der Waals surface area contributed by atoms with E-state index in [1.165, 1.54) is 0 Å². The molecule has 11 heavy (non-hydrogen) atoms. The quantitative estimate of drug-likeness (QED) is 0.467. The summed E-state index contributed by atoms with van der Waals surface area (Å²) in [6, 6.07) is -0.618. The molecule has 0 heterocycles. The minimum atomic E-state index is -0.618. The highest BCUT2D eigenvalue weighted by Crippen LogP contribution is 2.01. The predicted molar refractivity (Wildman–Crippen MR) is 45.3 cm³/mol. The lowest BCUT2D eigenvalue weighted by Gasteiger charge is -2.06. The number of amides is 2. The van der Waals surface area contributed by atoms with E-state index in [4.69, 9.17) is 5.73 Å². The number of nitrogens with one attached hydrogen (secondary N) is 1. The molecule has 1 atom stereocenters. The number of hydrogen-bond acceptors (Lipinski definition) is 2. The Balaban J connectivity index is 3.89. The summed E-state index contributed by atoms with van der Waals surface area (Å²) in [5, 5.41) is 3.79. The number of carbonyl (C=O) groups is 1. The van der Waals surface area contributed by atoms with Gasteiger partial charge < -0.3 is 5.73 Å². The first kappa shape index (κ1) is 9.94. The third kappa shape index (κ3) is 4.36. The molecule has 4 heteroatoms. The van der Waals surface area contributed by atoms with E-state index < -0.39 is 6.03 Å². The minimum absolute atomic E-state index is 0.391. The molecule has 64 valence electrons. The van der Waals surface area contributed by atoms with Gasteiger partial charge in [0.05, 0.1) is 0 Å². The van der Waals surface area contributed by atoms with Crippen LogP contribution in [-0.4, -0.2) is 11.7 Å². The maximum absolute atomic E-state index is 10.2. The molecule has 3 N–H and O–H groups in total. The second-order valence-corrected chi connectivity index (χ2v) is 2.54. The van der Waals surface area contributed by atoms with Crippen molar-refractivity contribution < 1.29 is 4.79 Å². The lowest BCUT2D eigenvalue weighted by molar-refractivity contribution is 0.249. The molecule has 0 radical (unpaired) electrons. The summed E-state index contributed by atoms with van der Waals surface area (Å²) in [6.45, 7) is 5.97. The maximum Gasteiger partial charge on any atom is 0.332 e. The normalized spacial score (nSPS) is 14.3. The largest absolute Gasteiger partial charge is 0.350 e. The zero-order valence-corrected chi connectivity index (χ0v) is 7.22. The lowest BCUT2D eigenvalue weighted by Crippen LogP contribution is -2.26. The molecule has 0 saturated heterocycles. The molecule has 0 bridgehead atoms. The fourth-order valence-electron chi connectivity index (χ4n) is 0.549. The van der Waals surface area contributed by atoms with Crippen molar-refractivity contribution >= 4 is 11.7 Å². The number of rotatable bonds is 3. The number of nitrogens with two attached hydrogens (primary N) is 1. The number of nitrogens with zero attached hydrogens (tertiary/aromatic N) is 1. The van der Waals surface area contributed by atoms with Gasteiger partial charge in [0.1, 0.15) is 0 Å². The Hall–Kier alpha value is -1.06. The summed E-state index contributed by atoms with van der Waals surface area (Å²) in [7, 11) is 0. The van der Waals surface area contributed by atoms with E-state index in [0.29, 0.717) is 5.92 Å². The highest BCUT2D eigenvalue weighted by molar-refractivity contribution is 5.85. The molecule has 0 unspecified atom stereocenters. The van der Waals surface area contributed by atoms with Crippen LogP contribution in [0, 0.1) is 5.92 Å². The van der Waals surface area contributed by atoms with Crippen LogP contribution in [0.1, 0.15) is 27.2 Å². The van der Waals surface area contributed by atoms with E-state index in [1.807, 2.05) is 13.8 Å². The molecule has 0 aromatic rings. The molecule has 0 spiro atoms. The van der Waals surface area contributed by atoms with Gasteiger partial charge in [0, 0.05) is 5.71 Å². The van der Waals surface area contributed by atoms with Crippen LogP contribution in [0.4, 0.5) is 4.79 Å². The molecular formula is C7H15N3O. The first-order valence-electron chi connectivity index (χ1n) is 3.67. The van der Waals surface area contributed by atoms with E-state index in [0.717, 1.165) is 12.1 Å². The SMILES string of the molecule is CC[C@@H](C)/C(C)=N/NC(N)=O. The van der Waals surface area contributed by atoms with Gasteiger partial charge in [0.25, 0.3) is 0 Å². The first-order valence-corrected chi connectivity index (χ1v) is 3.67. The smallest absolute Gasteiger partial charge is 0.332 e. The van der Waals surface area contributed by atoms with Gasteiger partial charge in [-0.15, -0.1) is 0 Å².